The highest BCUT2D eigenvalue weighted by atomic mass is 35.5. The quantitative estimate of drug-likeness (QED) is 0.235. The number of amides is 2. The number of halogens is 2. The first-order chi connectivity index (χ1) is 14.5. The molecule has 11 heteroatoms. The number of alkyl carbamates (subject to hydrolysis) is 1. The minimum Gasteiger partial charge on any atom is -0.448 e. The van der Waals surface area contributed by atoms with Crippen molar-refractivity contribution in [3.63, 3.8) is 0 Å². The monoisotopic (exact) mass is 489 g/mol. The van der Waals surface area contributed by atoms with Gasteiger partial charge in [0.15, 0.2) is 0 Å². The minimum absolute atomic E-state index is 0.0238. The van der Waals surface area contributed by atoms with E-state index in [1.165, 1.54) is 10.8 Å². The van der Waals surface area contributed by atoms with Crippen LogP contribution in [-0.4, -0.2) is 36.7 Å². The van der Waals surface area contributed by atoms with Gasteiger partial charge in [0, 0.05) is 17.2 Å². The van der Waals surface area contributed by atoms with Crippen LogP contribution in [0.1, 0.15) is 5.56 Å². The molecule has 0 saturated carbocycles. The first kappa shape index (κ1) is 24.6. The second-order valence-corrected chi connectivity index (χ2v) is 9.27. The predicted octanol–water partition coefficient (Wildman–Crippen LogP) is 4.80. The summed E-state index contributed by atoms with van der Waals surface area (Å²) < 4.78 is 5.00. The lowest BCUT2D eigenvalue weighted by Crippen LogP contribution is -2.32. The van der Waals surface area contributed by atoms with Gasteiger partial charge < -0.3 is 14.9 Å². The van der Waals surface area contributed by atoms with Gasteiger partial charge in [0.1, 0.15) is 6.61 Å². The molecule has 0 bridgehead atoms. The normalized spacial score (nSPS) is 10.5. The van der Waals surface area contributed by atoms with E-state index in [2.05, 4.69) is 15.5 Å². The van der Waals surface area contributed by atoms with Crippen molar-refractivity contribution in [2.75, 3.05) is 30.0 Å². The maximum Gasteiger partial charge on any atom is 0.413 e. The Kier molecular flexibility index (Phi) is 11.2. The number of nitrogens with two attached hydrogens (primary N) is 1. The van der Waals surface area contributed by atoms with Crippen molar-refractivity contribution in [2.24, 2.45) is 5.90 Å². The Morgan fingerprint density at radius 3 is 2.33 bits per heavy atom. The van der Waals surface area contributed by atoms with E-state index in [4.69, 9.17) is 33.8 Å². The van der Waals surface area contributed by atoms with Crippen LogP contribution in [0, 0.1) is 0 Å². The van der Waals surface area contributed by atoms with Gasteiger partial charge >= 0.3 is 6.09 Å². The first-order valence-corrected chi connectivity index (χ1v) is 12.1. The third kappa shape index (κ3) is 8.63. The topological polar surface area (TPSA) is 103 Å². The van der Waals surface area contributed by atoms with Crippen LogP contribution >= 0.6 is 44.8 Å². The number of benzene rings is 2. The molecule has 0 fully saturated rings. The molecule has 2 aromatic carbocycles. The van der Waals surface area contributed by atoms with Crippen LogP contribution in [0.4, 0.5) is 16.2 Å². The van der Waals surface area contributed by atoms with Crippen LogP contribution in [0.25, 0.3) is 0 Å². The third-order valence-corrected chi connectivity index (χ3v) is 6.56. The number of anilines is 2. The van der Waals surface area contributed by atoms with Gasteiger partial charge in [-0.3, -0.25) is 10.1 Å². The predicted molar refractivity (Wildman–Crippen MR) is 124 cm³/mol. The lowest BCUT2D eigenvalue weighted by Gasteiger charge is -2.14. The summed E-state index contributed by atoms with van der Waals surface area (Å²) in [6, 6.07) is 12.4. The lowest BCUT2D eigenvalue weighted by atomic mass is 10.1. The van der Waals surface area contributed by atoms with Gasteiger partial charge in [0.25, 0.3) is 0 Å². The Morgan fingerprint density at radius 2 is 1.63 bits per heavy atom. The highest BCUT2D eigenvalue weighted by Gasteiger charge is 2.14. The van der Waals surface area contributed by atoms with E-state index >= 15 is 0 Å². The van der Waals surface area contributed by atoms with E-state index in [1.54, 1.807) is 47.2 Å². The van der Waals surface area contributed by atoms with Crippen LogP contribution in [-0.2, 0) is 20.8 Å². The minimum atomic E-state index is -0.782. The molecule has 2 amide bonds. The maximum absolute atomic E-state index is 12.2. The molecule has 30 heavy (non-hydrogen) atoms. The van der Waals surface area contributed by atoms with E-state index < -0.39 is 12.0 Å². The molecule has 0 radical (unpaired) electrons. The molecule has 0 heterocycles. The number of nitrogens with one attached hydrogen (secondary N) is 2. The summed E-state index contributed by atoms with van der Waals surface area (Å²) in [5.41, 5.74) is 1.88. The molecule has 7 nitrogen and oxygen atoms in total. The van der Waals surface area contributed by atoms with Gasteiger partial charge in [-0.15, -0.1) is 0 Å². The SMILES string of the molecule is NOCCSSCCOC(=O)NC(=O)Cc1ccccc1Nc1c(Cl)cccc1Cl. The van der Waals surface area contributed by atoms with Crippen LogP contribution in [0.2, 0.25) is 10.0 Å². The van der Waals surface area contributed by atoms with E-state index in [0.717, 1.165) is 5.75 Å². The summed E-state index contributed by atoms with van der Waals surface area (Å²) in [4.78, 5) is 28.5. The van der Waals surface area contributed by atoms with E-state index in [1.807, 2.05) is 6.07 Å². The van der Waals surface area contributed by atoms with Gasteiger partial charge in [-0.2, -0.15) is 0 Å². The summed E-state index contributed by atoms with van der Waals surface area (Å²) in [6.07, 6.45) is -0.806. The molecule has 0 aromatic heterocycles. The van der Waals surface area contributed by atoms with Crippen molar-refractivity contribution in [2.45, 2.75) is 6.42 Å². The fourth-order valence-corrected chi connectivity index (χ4v) is 4.44. The number of hydrogen-bond donors (Lipinski definition) is 3. The molecule has 2 rings (SSSR count). The number of ether oxygens (including phenoxy) is 1. The van der Waals surface area contributed by atoms with Crippen molar-refractivity contribution < 1.29 is 19.2 Å². The number of rotatable bonds is 11. The average Bonchev–Trinajstić information content (AvgIpc) is 2.71. The number of carbonyl (C=O) groups excluding carboxylic acids is 2. The third-order valence-electron chi connectivity index (χ3n) is 3.60. The summed E-state index contributed by atoms with van der Waals surface area (Å²) in [5, 5.41) is 6.28. The first-order valence-electron chi connectivity index (χ1n) is 8.83. The summed E-state index contributed by atoms with van der Waals surface area (Å²) in [5.74, 6) is 5.76. The average molecular weight is 490 g/mol. The molecule has 0 aliphatic rings. The van der Waals surface area contributed by atoms with Crippen molar-refractivity contribution in [1.82, 2.24) is 5.32 Å². The zero-order valence-electron chi connectivity index (χ0n) is 15.9. The molecule has 0 aliphatic heterocycles. The molecular weight excluding hydrogens is 469 g/mol. The highest BCUT2D eigenvalue weighted by molar-refractivity contribution is 8.76. The van der Waals surface area contributed by atoms with Gasteiger partial charge in [0.05, 0.1) is 28.8 Å². The lowest BCUT2D eigenvalue weighted by molar-refractivity contribution is -0.119. The number of carbonyl (C=O) groups is 2. The molecule has 0 aliphatic carbocycles. The van der Waals surface area contributed by atoms with E-state index in [-0.39, 0.29) is 13.0 Å². The molecule has 2 aromatic rings. The van der Waals surface area contributed by atoms with Crippen LogP contribution < -0.4 is 16.5 Å². The second-order valence-electron chi connectivity index (χ2n) is 5.75. The zero-order valence-corrected chi connectivity index (χ0v) is 19.0. The van der Waals surface area contributed by atoms with Gasteiger partial charge in [-0.05, 0) is 23.8 Å². The van der Waals surface area contributed by atoms with Gasteiger partial charge in [-0.1, -0.05) is 69.1 Å². The smallest absolute Gasteiger partial charge is 0.413 e. The summed E-state index contributed by atoms with van der Waals surface area (Å²) >= 11 is 12.4. The number of hydrogen-bond acceptors (Lipinski definition) is 8. The number of imide groups is 1. The molecular formula is C19H21Cl2N3O4S2. The molecule has 4 N–H and O–H groups in total. The molecule has 162 valence electrons. The Bertz CT molecular complexity index is 838. The molecule has 0 atom stereocenters. The standard InChI is InChI=1S/C19H21Cl2N3O4S2/c20-14-5-3-6-15(21)18(14)23-16-7-2-1-4-13(16)12-17(25)24-19(26)27-8-10-29-30-11-9-28-22/h1-7,23H,8-12,22H2,(H,24,25,26). The van der Waals surface area contributed by atoms with Crippen LogP contribution in [0.3, 0.4) is 0 Å². The summed E-state index contributed by atoms with van der Waals surface area (Å²) in [7, 11) is 3.08. The summed E-state index contributed by atoms with van der Waals surface area (Å²) in [6.45, 7) is 0.635. The Morgan fingerprint density at radius 1 is 0.967 bits per heavy atom. The fourth-order valence-electron chi connectivity index (χ4n) is 2.28. The Balaban J connectivity index is 1.83. The van der Waals surface area contributed by atoms with E-state index in [9.17, 15) is 9.59 Å². The molecule has 0 unspecified atom stereocenters. The molecule has 0 spiro atoms. The Hall–Kier alpha value is -1.62. The highest BCUT2D eigenvalue weighted by Crippen LogP contribution is 2.33. The van der Waals surface area contributed by atoms with Crippen LogP contribution in [0.5, 0.6) is 0 Å². The van der Waals surface area contributed by atoms with Crippen LogP contribution in [0.15, 0.2) is 42.5 Å². The van der Waals surface area contributed by atoms with Crippen molar-refractivity contribution in [3.05, 3.63) is 58.1 Å². The van der Waals surface area contributed by atoms with Crippen molar-refractivity contribution in [1.29, 1.82) is 0 Å². The zero-order chi connectivity index (χ0) is 21.8. The van der Waals surface area contributed by atoms with E-state index in [0.29, 0.717) is 39.3 Å². The molecule has 0 saturated heterocycles. The van der Waals surface area contributed by atoms with Gasteiger partial charge in [0.2, 0.25) is 5.91 Å². The maximum atomic E-state index is 12.2. The van der Waals surface area contributed by atoms with Crippen molar-refractivity contribution in [3.8, 4) is 0 Å². The second kappa shape index (κ2) is 13.6. The number of para-hydroxylation sites is 2. The van der Waals surface area contributed by atoms with Crippen molar-refractivity contribution >= 4 is 68.2 Å². The largest absolute Gasteiger partial charge is 0.448 e. The fraction of sp³-hybridized carbons (Fsp3) is 0.263. The van der Waals surface area contributed by atoms with Gasteiger partial charge in [-0.25, -0.2) is 10.7 Å². The Labute approximate surface area is 192 Å².